The Hall–Kier alpha value is -1.92. The molecule has 22 heavy (non-hydrogen) atoms. The van der Waals surface area contributed by atoms with Gasteiger partial charge in [0.1, 0.15) is 6.33 Å². The molecule has 0 amide bonds. The van der Waals surface area contributed by atoms with Crippen molar-refractivity contribution in [3.05, 3.63) is 29.5 Å². The molecular formula is C15H17ClN6. The molecule has 0 radical (unpaired) electrons. The summed E-state index contributed by atoms with van der Waals surface area (Å²) in [6.07, 6.45) is 1.72. The van der Waals surface area contributed by atoms with Crippen molar-refractivity contribution in [2.75, 3.05) is 18.0 Å². The third-order valence-corrected chi connectivity index (χ3v) is 4.26. The van der Waals surface area contributed by atoms with Gasteiger partial charge in [-0.15, -0.1) is 10.2 Å². The maximum Gasteiger partial charge on any atom is 0.204 e. The molecule has 1 saturated heterocycles. The van der Waals surface area contributed by atoms with Crippen molar-refractivity contribution in [2.45, 2.75) is 25.9 Å². The standard InChI is InChI=1S/C15H17ClN6/c1-9-6-21(7-10(2)18-9)14-15-20-17-8-22(15)13-5-11(16)3-4-12(13)19-14/h3-5,8-10,18H,6-7H2,1-2H3. The molecule has 4 rings (SSSR count). The molecule has 3 aromatic rings. The van der Waals surface area contributed by atoms with Gasteiger partial charge in [-0.25, -0.2) is 4.98 Å². The maximum absolute atomic E-state index is 6.11. The first-order chi connectivity index (χ1) is 10.6. The van der Waals surface area contributed by atoms with Crippen molar-refractivity contribution in [1.82, 2.24) is 24.9 Å². The largest absolute Gasteiger partial charge is 0.350 e. The minimum absolute atomic E-state index is 0.412. The van der Waals surface area contributed by atoms with Crippen LogP contribution < -0.4 is 10.2 Å². The zero-order valence-electron chi connectivity index (χ0n) is 12.5. The molecule has 1 N–H and O–H groups in total. The van der Waals surface area contributed by atoms with E-state index in [1.54, 1.807) is 6.33 Å². The van der Waals surface area contributed by atoms with E-state index >= 15 is 0 Å². The van der Waals surface area contributed by atoms with Crippen molar-refractivity contribution >= 4 is 34.1 Å². The lowest BCUT2D eigenvalue weighted by atomic mass is 10.1. The zero-order valence-corrected chi connectivity index (χ0v) is 13.2. The molecule has 2 atom stereocenters. The molecule has 7 heteroatoms. The minimum atomic E-state index is 0.412. The fraction of sp³-hybridized carbons (Fsp3) is 0.400. The molecule has 1 aromatic carbocycles. The highest BCUT2D eigenvalue weighted by Crippen LogP contribution is 2.26. The van der Waals surface area contributed by atoms with E-state index in [9.17, 15) is 0 Å². The third kappa shape index (κ3) is 2.19. The SMILES string of the molecule is CC1CN(c2nc3ccc(Cl)cc3n3cnnc23)CC(C)N1. The molecule has 0 saturated carbocycles. The highest BCUT2D eigenvalue weighted by molar-refractivity contribution is 6.31. The third-order valence-electron chi connectivity index (χ3n) is 4.03. The summed E-state index contributed by atoms with van der Waals surface area (Å²) in [4.78, 5) is 7.11. The summed E-state index contributed by atoms with van der Waals surface area (Å²) in [5.41, 5.74) is 2.59. The van der Waals surface area contributed by atoms with Gasteiger partial charge in [0, 0.05) is 30.2 Å². The lowest BCUT2D eigenvalue weighted by Gasteiger charge is -2.36. The normalized spacial score (nSPS) is 22.6. The monoisotopic (exact) mass is 316 g/mol. The second-order valence-corrected chi connectivity index (χ2v) is 6.40. The molecule has 6 nitrogen and oxygen atoms in total. The minimum Gasteiger partial charge on any atom is -0.350 e. The molecule has 0 aliphatic carbocycles. The quantitative estimate of drug-likeness (QED) is 0.745. The Morgan fingerprint density at radius 3 is 2.77 bits per heavy atom. The Bertz CT molecular complexity index is 835. The fourth-order valence-corrected chi connectivity index (χ4v) is 3.39. The molecule has 2 unspecified atom stereocenters. The van der Waals surface area contributed by atoms with E-state index in [0.717, 1.165) is 35.6 Å². The van der Waals surface area contributed by atoms with E-state index in [4.69, 9.17) is 16.6 Å². The van der Waals surface area contributed by atoms with Gasteiger partial charge in [0.2, 0.25) is 5.65 Å². The van der Waals surface area contributed by atoms with Gasteiger partial charge in [0.15, 0.2) is 5.82 Å². The average molecular weight is 317 g/mol. The predicted octanol–water partition coefficient (Wildman–Crippen LogP) is 2.12. The first-order valence-electron chi connectivity index (χ1n) is 7.42. The van der Waals surface area contributed by atoms with Crippen molar-refractivity contribution < 1.29 is 0 Å². The van der Waals surface area contributed by atoms with E-state index in [0.29, 0.717) is 17.1 Å². The predicted molar refractivity (Wildman–Crippen MR) is 87.6 cm³/mol. The Labute approximate surface area is 133 Å². The lowest BCUT2D eigenvalue weighted by Crippen LogP contribution is -2.54. The molecule has 2 aromatic heterocycles. The van der Waals surface area contributed by atoms with Crippen LogP contribution in [0.1, 0.15) is 13.8 Å². The Morgan fingerprint density at radius 1 is 1.23 bits per heavy atom. The van der Waals surface area contributed by atoms with Crippen LogP contribution in [0, 0.1) is 0 Å². The molecule has 1 aliphatic heterocycles. The smallest absolute Gasteiger partial charge is 0.204 e. The number of hydrogen-bond acceptors (Lipinski definition) is 5. The summed E-state index contributed by atoms with van der Waals surface area (Å²) in [7, 11) is 0. The molecule has 114 valence electrons. The van der Waals surface area contributed by atoms with Crippen LogP contribution in [0.25, 0.3) is 16.7 Å². The van der Waals surface area contributed by atoms with Gasteiger partial charge < -0.3 is 10.2 Å². The summed E-state index contributed by atoms with van der Waals surface area (Å²) < 4.78 is 1.96. The van der Waals surface area contributed by atoms with Gasteiger partial charge in [-0.05, 0) is 32.0 Å². The molecule has 0 spiro atoms. The van der Waals surface area contributed by atoms with E-state index in [-0.39, 0.29) is 0 Å². The molecule has 0 bridgehead atoms. The Morgan fingerprint density at radius 2 is 2.00 bits per heavy atom. The van der Waals surface area contributed by atoms with Crippen LogP contribution in [0.3, 0.4) is 0 Å². The highest BCUT2D eigenvalue weighted by atomic mass is 35.5. The number of aromatic nitrogens is 4. The topological polar surface area (TPSA) is 58.4 Å². The van der Waals surface area contributed by atoms with Crippen LogP contribution in [0.2, 0.25) is 5.02 Å². The number of anilines is 1. The van der Waals surface area contributed by atoms with Gasteiger partial charge in [-0.3, -0.25) is 4.40 Å². The molecule has 3 heterocycles. The number of hydrogen-bond donors (Lipinski definition) is 1. The zero-order chi connectivity index (χ0) is 15.3. The van der Waals surface area contributed by atoms with Gasteiger partial charge in [-0.1, -0.05) is 11.6 Å². The number of rotatable bonds is 1. The van der Waals surface area contributed by atoms with Crippen LogP contribution in [-0.2, 0) is 0 Å². The van der Waals surface area contributed by atoms with Gasteiger partial charge in [0.25, 0.3) is 0 Å². The van der Waals surface area contributed by atoms with Crippen LogP contribution >= 0.6 is 11.6 Å². The second-order valence-electron chi connectivity index (χ2n) is 5.97. The number of benzene rings is 1. The fourth-order valence-electron chi connectivity index (χ4n) is 3.22. The molecular weight excluding hydrogens is 300 g/mol. The summed E-state index contributed by atoms with van der Waals surface area (Å²) in [6.45, 7) is 6.17. The Balaban J connectivity index is 1.92. The van der Waals surface area contributed by atoms with E-state index in [1.165, 1.54) is 0 Å². The van der Waals surface area contributed by atoms with Crippen LogP contribution in [0.4, 0.5) is 5.82 Å². The number of nitrogens with zero attached hydrogens (tertiary/aromatic N) is 5. The average Bonchev–Trinajstić information content (AvgIpc) is 2.95. The number of nitrogens with one attached hydrogen (secondary N) is 1. The summed E-state index contributed by atoms with van der Waals surface area (Å²) >= 11 is 6.11. The first-order valence-corrected chi connectivity index (χ1v) is 7.79. The lowest BCUT2D eigenvalue weighted by molar-refractivity contribution is 0.405. The van der Waals surface area contributed by atoms with Gasteiger partial charge in [0.05, 0.1) is 11.0 Å². The van der Waals surface area contributed by atoms with Crippen molar-refractivity contribution in [1.29, 1.82) is 0 Å². The summed E-state index contributed by atoms with van der Waals surface area (Å²) in [5.74, 6) is 0.882. The first kappa shape index (κ1) is 13.7. The maximum atomic E-state index is 6.11. The van der Waals surface area contributed by atoms with Crippen LogP contribution in [0.15, 0.2) is 24.5 Å². The van der Waals surface area contributed by atoms with Crippen molar-refractivity contribution in [3.8, 4) is 0 Å². The number of halogens is 1. The second kappa shape index (κ2) is 5.07. The van der Waals surface area contributed by atoms with Gasteiger partial charge in [-0.2, -0.15) is 0 Å². The van der Waals surface area contributed by atoms with Crippen molar-refractivity contribution in [3.63, 3.8) is 0 Å². The summed E-state index contributed by atoms with van der Waals surface area (Å²) in [6, 6.07) is 6.52. The number of piperazine rings is 1. The van der Waals surface area contributed by atoms with Gasteiger partial charge >= 0.3 is 0 Å². The highest BCUT2D eigenvalue weighted by Gasteiger charge is 2.25. The Kier molecular flexibility index (Phi) is 3.16. The van der Waals surface area contributed by atoms with Crippen LogP contribution in [-0.4, -0.2) is 44.8 Å². The number of fused-ring (bicyclic) bond motifs is 3. The van der Waals surface area contributed by atoms with E-state index in [1.807, 2.05) is 22.6 Å². The summed E-state index contributed by atoms with van der Waals surface area (Å²) in [5, 5.41) is 12.5. The molecule has 1 aliphatic rings. The van der Waals surface area contributed by atoms with E-state index < -0.39 is 0 Å². The van der Waals surface area contributed by atoms with E-state index in [2.05, 4.69) is 34.3 Å². The van der Waals surface area contributed by atoms with Crippen LogP contribution in [0.5, 0.6) is 0 Å². The van der Waals surface area contributed by atoms with Crippen molar-refractivity contribution in [2.24, 2.45) is 0 Å². The molecule has 1 fully saturated rings.